The van der Waals surface area contributed by atoms with Crippen LogP contribution in [0.25, 0.3) is 0 Å². The molecule has 1 aromatic rings. The lowest BCUT2D eigenvalue weighted by molar-refractivity contribution is -0.143. The molecule has 2 unspecified atom stereocenters. The van der Waals surface area contributed by atoms with Crippen molar-refractivity contribution in [2.45, 2.75) is 36.7 Å². The molecule has 2 aliphatic heterocycles. The molecule has 3 nitrogen and oxygen atoms in total. The Morgan fingerprint density at radius 1 is 1.23 bits per heavy atom. The zero-order valence-electron chi connectivity index (χ0n) is 12.0. The average Bonchev–Trinajstić information content (AvgIpc) is 2.40. The molecule has 7 heteroatoms. The van der Waals surface area contributed by atoms with Gasteiger partial charge in [0.1, 0.15) is 5.82 Å². The highest BCUT2D eigenvalue weighted by Gasteiger charge is 2.46. The van der Waals surface area contributed by atoms with Gasteiger partial charge in [0.25, 0.3) is 0 Å². The zero-order chi connectivity index (χ0) is 16.1. The van der Waals surface area contributed by atoms with Crippen molar-refractivity contribution < 1.29 is 27.4 Å². The van der Waals surface area contributed by atoms with Gasteiger partial charge in [0.15, 0.2) is 0 Å². The van der Waals surface area contributed by atoms with Crippen molar-refractivity contribution in [3.63, 3.8) is 0 Å². The Labute approximate surface area is 125 Å². The number of hydrogen-bond acceptors (Lipinski definition) is 3. The van der Waals surface area contributed by atoms with Crippen LogP contribution in [0.5, 0.6) is 0 Å². The van der Waals surface area contributed by atoms with Gasteiger partial charge in [0, 0.05) is 12.1 Å². The van der Waals surface area contributed by atoms with E-state index in [2.05, 4.69) is 4.90 Å². The normalized spacial score (nSPS) is 33.0. The number of fused-ring (bicyclic) bond motifs is 2. The van der Waals surface area contributed by atoms with Gasteiger partial charge in [-0.3, -0.25) is 4.90 Å². The third-order valence-electron chi connectivity index (χ3n) is 4.73. The Morgan fingerprint density at radius 3 is 2.36 bits per heavy atom. The first kappa shape index (κ1) is 15.7. The molecule has 0 aliphatic carbocycles. The molecule has 2 heterocycles. The first-order valence-corrected chi connectivity index (χ1v) is 7.10. The molecule has 0 radical (unpaired) electrons. The van der Waals surface area contributed by atoms with E-state index in [-0.39, 0.29) is 30.5 Å². The molecule has 0 aromatic heterocycles. The van der Waals surface area contributed by atoms with E-state index in [0.717, 1.165) is 12.1 Å². The van der Waals surface area contributed by atoms with Gasteiger partial charge < -0.3 is 9.84 Å². The third kappa shape index (κ3) is 2.61. The second kappa shape index (κ2) is 5.18. The Balaban J connectivity index is 1.97. The van der Waals surface area contributed by atoms with Crippen molar-refractivity contribution >= 4 is 0 Å². The molecule has 1 N–H and O–H groups in total. The van der Waals surface area contributed by atoms with Crippen molar-refractivity contribution in [3.05, 3.63) is 35.1 Å². The van der Waals surface area contributed by atoms with Crippen LogP contribution in [0.1, 0.15) is 24.0 Å². The van der Waals surface area contributed by atoms with Crippen molar-refractivity contribution in [1.29, 1.82) is 0 Å². The van der Waals surface area contributed by atoms with Crippen molar-refractivity contribution in [1.82, 2.24) is 4.90 Å². The maximum absolute atomic E-state index is 13.4. The number of benzene rings is 1. The minimum atomic E-state index is -4.78. The van der Waals surface area contributed by atoms with E-state index >= 15 is 0 Å². The van der Waals surface area contributed by atoms with Crippen molar-refractivity contribution in [2.75, 3.05) is 20.3 Å². The summed E-state index contributed by atoms with van der Waals surface area (Å²) in [5.41, 5.74) is -2.61. The average molecular weight is 319 g/mol. The first-order chi connectivity index (χ1) is 10.2. The van der Waals surface area contributed by atoms with Gasteiger partial charge in [-0.1, -0.05) is 6.07 Å². The number of hydrogen-bond donors (Lipinski definition) is 1. The number of nitrogens with zero attached hydrogens (tertiary/aromatic N) is 1. The second-order valence-corrected chi connectivity index (χ2v) is 6.14. The molecule has 0 spiro atoms. The Morgan fingerprint density at radius 2 is 1.82 bits per heavy atom. The smallest absolute Gasteiger partial charge is 0.385 e. The Kier molecular flexibility index (Phi) is 3.70. The number of likely N-dealkylation sites (N-methyl/N-ethyl adjacent to an activating group) is 1. The van der Waals surface area contributed by atoms with Crippen LogP contribution in [-0.2, 0) is 16.5 Å². The van der Waals surface area contributed by atoms with E-state index in [1.165, 1.54) is 6.07 Å². The molecule has 122 valence electrons. The lowest BCUT2D eigenvalue weighted by Gasteiger charge is -2.50. The lowest BCUT2D eigenvalue weighted by Crippen LogP contribution is -2.59. The van der Waals surface area contributed by atoms with Crippen LogP contribution in [0.3, 0.4) is 0 Å². The molecular formula is C15H17F4NO2. The first-order valence-electron chi connectivity index (χ1n) is 7.10. The van der Waals surface area contributed by atoms with Gasteiger partial charge in [0.05, 0.1) is 24.4 Å². The van der Waals surface area contributed by atoms with E-state index in [4.69, 9.17) is 4.74 Å². The zero-order valence-corrected chi connectivity index (χ0v) is 12.0. The van der Waals surface area contributed by atoms with Crippen LogP contribution in [0.4, 0.5) is 17.6 Å². The molecule has 2 saturated heterocycles. The Bertz CT molecular complexity index is 561. The van der Waals surface area contributed by atoms with Gasteiger partial charge in [0.2, 0.25) is 0 Å². The molecule has 2 atom stereocenters. The second-order valence-electron chi connectivity index (χ2n) is 6.14. The lowest BCUT2D eigenvalue weighted by atomic mass is 9.76. The van der Waals surface area contributed by atoms with Gasteiger partial charge in [-0.15, -0.1) is 0 Å². The fourth-order valence-corrected chi connectivity index (χ4v) is 3.41. The van der Waals surface area contributed by atoms with Crippen LogP contribution in [0.15, 0.2) is 18.2 Å². The monoisotopic (exact) mass is 319 g/mol. The van der Waals surface area contributed by atoms with Crippen LogP contribution in [0.2, 0.25) is 0 Å². The molecule has 22 heavy (non-hydrogen) atoms. The number of ether oxygens (including phenoxy) is 1. The summed E-state index contributed by atoms with van der Waals surface area (Å²) in [7, 11) is 1.92. The van der Waals surface area contributed by atoms with E-state index < -0.39 is 23.2 Å². The summed E-state index contributed by atoms with van der Waals surface area (Å²) in [5, 5.41) is 10.9. The summed E-state index contributed by atoms with van der Waals surface area (Å²) < 4.78 is 57.5. The third-order valence-corrected chi connectivity index (χ3v) is 4.73. The molecule has 0 amide bonds. The number of alkyl halides is 3. The fraction of sp³-hybridized carbons (Fsp3) is 0.600. The number of piperidine rings is 1. The minimum Gasteiger partial charge on any atom is -0.385 e. The number of aliphatic hydroxyl groups is 1. The minimum absolute atomic E-state index is 0.0584. The summed E-state index contributed by atoms with van der Waals surface area (Å²) >= 11 is 0. The number of morpholine rings is 1. The highest BCUT2D eigenvalue weighted by molar-refractivity contribution is 5.32. The maximum Gasteiger partial charge on any atom is 0.419 e. The maximum atomic E-state index is 13.4. The molecule has 1 aromatic carbocycles. The van der Waals surface area contributed by atoms with Crippen LogP contribution >= 0.6 is 0 Å². The van der Waals surface area contributed by atoms with E-state index in [1.54, 1.807) is 0 Å². The van der Waals surface area contributed by atoms with Crippen LogP contribution in [-0.4, -0.2) is 42.4 Å². The topological polar surface area (TPSA) is 32.7 Å². The summed E-state index contributed by atoms with van der Waals surface area (Å²) in [6.45, 7) is 0.866. The molecule has 2 bridgehead atoms. The van der Waals surface area contributed by atoms with Gasteiger partial charge in [-0.25, -0.2) is 4.39 Å². The van der Waals surface area contributed by atoms with Crippen LogP contribution in [0, 0.1) is 5.82 Å². The summed E-state index contributed by atoms with van der Waals surface area (Å²) in [6, 6.07) is 2.64. The highest BCUT2D eigenvalue weighted by Crippen LogP contribution is 2.42. The van der Waals surface area contributed by atoms with E-state index in [0.29, 0.717) is 13.2 Å². The predicted molar refractivity (Wildman–Crippen MR) is 70.7 cm³/mol. The predicted octanol–water partition coefficient (Wildman–Crippen LogP) is 2.53. The Hall–Kier alpha value is -1.18. The van der Waals surface area contributed by atoms with Gasteiger partial charge in [-0.2, -0.15) is 13.2 Å². The SMILES string of the molecule is CN1C2COCC1CC(O)(c1ccc(F)c(C(F)(F)F)c1)C2. The number of halogens is 4. The van der Waals surface area contributed by atoms with Gasteiger partial charge >= 0.3 is 6.18 Å². The van der Waals surface area contributed by atoms with E-state index in [1.807, 2.05) is 7.05 Å². The molecule has 0 saturated carbocycles. The molecular weight excluding hydrogens is 302 g/mol. The summed E-state index contributed by atoms with van der Waals surface area (Å²) in [6.07, 6.45) is -4.24. The summed E-state index contributed by atoms with van der Waals surface area (Å²) in [4.78, 5) is 2.09. The standard InChI is InChI=1S/C15H17F4NO2/c1-20-10-5-14(21,6-11(20)8-22-7-10)9-2-3-13(16)12(4-9)15(17,18)19/h2-4,10-11,21H,5-8H2,1H3. The molecule has 2 fully saturated rings. The van der Waals surface area contributed by atoms with Gasteiger partial charge in [-0.05, 0) is 37.6 Å². The largest absolute Gasteiger partial charge is 0.419 e. The number of rotatable bonds is 1. The summed E-state index contributed by atoms with van der Waals surface area (Å²) in [5.74, 6) is -1.32. The molecule has 2 aliphatic rings. The fourth-order valence-electron chi connectivity index (χ4n) is 3.41. The quantitative estimate of drug-likeness (QED) is 0.808. The highest BCUT2D eigenvalue weighted by atomic mass is 19.4. The van der Waals surface area contributed by atoms with E-state index in [9.17, 15) is 22.7 Å². The van der Waals surface area contributed by atoms with Crippen molar-refractivity contribution in [2.24, 2.45) is 0 Å². The molecule has 3 rings (SSSR count). The van der Waals surface area contributed by atoms with Crippen molar-refractivity contribution in [3.8, 4) is 0 Å². The van der Waals surface area contributed by atoms with Crippen LogP contribution < -0.4 is 0 Å².